The molecule has 1 saturated carbocycles. The summed E-state index contributed by atoms with van der Waals surface area (Å²) in [6, 6.07) is 3.41. The van der Waals surface area contributed by atoms with Crippen LogP contribution in [-0.2, 0) is 16.0 Å². The molecule has 29 heavy (non-hydrogen) atoms. The van der Waals surface area contributed by atoms with Crippen LogP contribution in [0.15, 0.2) is 18.2 Å². The number of nitrogens with one attached hydrogen (secondary N) is 1. The summed E-state index contributed by atoms with van der Waals surface area (Å²) >= 11 is 0. The number of hydrogen-bond donors (Lipinski definition) is 2. The molecule has 0 aliphatic heterocycles. The number of rotatable bonds is 7. The average Bonchev–Trinajstić information content (AvgIpc) is 3.12. The van der Waals surface area contributed by atoms with E-state index in [2.05, 4.69) is 22.3 Å². The zero-order chi connectivity index (χ0) is 21.0. The lowest BCUT2D eigenvalue weighted by atomic mass is 9.83. The van der Waals surface area contributed by atoms with E-state index in [1.165, 1.54) is 17.8 Å². The molecule has 1 heterocycles. The highest BCUT2D eigenvalue weighted by Crippen LogP contribution is 2.34. The van der Waals surface area contributed by atoms with E-state index in [0.717, 1.165) is 31.4 Å². The molecule has 0 unspecified atom stereocenters. The highest BCUT2D eigenvalue weighted by atomic mass is 19.2. The van der Waals surface area contributed by atoms with Crippen LogP contribution in [0.5, 0.6) is 0 Å². The summed E-state index contributed by atoms with van der Waals surface area (Å²) < 4.78 is 34.5. The van der Waals surface area contributed by atoms with Crippen molar-refractivity contribution in [1.82, 2.24) is 20.1 Å². The summed E-state index contributed by atoms with van der Waals surface area (Å²) in [5.74, 6) is -1.24. The van der Waals surface area contributed by atoms with Crippen molar-refractivity contribution in [2.45, 2.75) is 57.1 Å². The highest BCUT2D eigenvalue weighted by Gasteiger charge is 2.33. The number of hydrogen-bond acceptors (Lipinski definition) is 5. The molecule has 3 N–H and O–H groups in total. The molecule has 2 aromatic rings. The van der Waals surface area contributed by atoms with Gasteiger partial charge in [-0.15, -0.1) is 0 Å². The molecule has 1 aromatic heterocycles. The lowest BCUT2D eigenvalue weighted by Crippen LogP contribution is -2.42. The third-order valence-electron chi connectivity index (χ3n) is 5.16. The molecule has 9 heteroatoms. The van der Waals surface area contributed by atoms with Crippen LogP contribution in [0.2, 0.25) is 0 Å². The maximum Gasteiger partial charge on any atom is 0.227 e. The maximum absolute atomic E-state index is 13.8. The van der Waals surface area contributed by atoms with Crippen LogP contribution in [0.1, 0.15) is 50.2 Å². The summed E-state index contributed by atoms with van der Waals surface area (Å²) in [5, 5.41) is 6.93. The number of nitrogens with two attached hydrogens (primary N) is 1. The Bertz CT molecular complexity index is 857. The Morgan fingerprint density at radius 1 is 1.34 bits per heavy atom. The second-order valence-electron chi connectivity index (χ2n) is 7.33. The third-order valence-corrected chi connectivity index (χ3v) is 5.16. The Morgan fingerprint density at radius 2 is 2.14 bits per heavy atom. The van der Waals surface area contributed by atoms with Crippen molar-refractivity contribution < 1.29 is 18.3 Å². The van der Waals surface area contributed by atoms with E-state index in [0.29, 0.717) is 30.4 Å². The van der Waals surface area contributed by atoms with Crippen LogP contribution in [0, 0.1) is 11.6 Å². The van der Waals surface area contributed by atoms with Crippen molar-refractivity contribution in [2.75, 3.05) is 13.7 Å². The molecule has 1 fully saturated rings. The van der Waals surface area contributed by atoms with Crippen LogP contribution < -0.4 is 11.1 Å². The molecule has 1 aliphatic rings. The van der Waals surface area contributed by atoms with Gasteiger partial charge in [-0.25, -0.2) is 18.4 Å². The molecule has 158 valence electrons. The number of likely N-dealkylation sites (N-methyl/N-ethyl adjacent to an activating group) is 1. The van der Waals surface area contributed by atoms with E-state index >= 15 is 0 Å². The molecular weight excluding hydrogens is 380 g/mol. The molecule has 3 rings (SSSR count). The van der Waals surface area contributed by atoms with Crippen molar-refractivity contribution in [3.8, 4) is 5.69 Å². The summed E-state index contributed by atoms with van der Waals surface area (Å²) in [6.07, 6.45) is 3.12. The Hall–Kier alpha value is -2.39. The van der Waals surface area contributed by atoms with Crippen molar-refractivity contribution in [1.29, 1.82) is 0 Å². The molecule has 0 radical (unpaired) electrons. The smallest absolute Gasteiger partial charge is 0.227 e. The lowest BCUT2D eigenvalue weighted by molar-refractivity contribution is -0.120. The van der Waals surface area contributed by atoms with Crippen LogP contribution >= 0.6 is 0 Å². The molecule has 1 aliphatic carbocycles. The molecule has 1 amide bonds. The fourth-order valence-electron chi connectivity index (χ4n) is 3.63. The maximum atomic E-state index is 13.8. The molecule has 0 saturated heterocycles. The predicted octanol–water partition coefficient (Wildman–Crippen LogP) is 2.22. The molecule has 3 atom stereocenters. The van der Waals surface area contributed by atoms with Crippen LogP contribution in [0.3, 0.4) is 0 Å². The normalized spacial score (nSPS) is 21.9. The van der Waals surface area contributed by atoms with Crippen molar-refractivity contribution in [2.24, 2.45) is 5.73 Å². The number of amides is 1. The summed E-state index contributed by atoms with van der Waals surface area (Å²) in [7, 11) is 1.53. The second-order valence-corrected chi connectivity index (χ2v) is 7.33. The van der Waals surface area contributed by atoms with Gasteiger partial charge in [-0.1, -0.05) is 6.92 Å². The van der Waals surface area contributed by atoms with Gasteiger partial charge in [0, 0.05) is 31.7 Å². The van der Waals surface area contributed by atoms with Gasteiger partial charge < -0.3 is 15.8 Å². The SMILES string of the molecule is CCCO[C@@H]1CC[C@H](c2nc(CC(=O)NC)nn2-c2ccc(F)c(F)c2)C[C@H]1N. The van der Waals surface area contributed by atoms with Gasteiger partial charge in [0.1, 0.15) is 5.82 Å². The zero-order valence-corrected chi connectivity index (χ0v) is 16.7. The van der Waals surface area contributed by atoms with Crippen LogP contribution in [0.4, 0.5) is 8.78 Å². The van der Waals surface area contributed by atoms with Gasteiger partial charge >= 0.3 is 0 Å². The first kappa shape index (κ1) is 21.3. The van der Waals surface area contributed by atoms with Crippen molar-refractivity contribution in [3.05, 3.63) is 41.5 Å². The third kappa shape index (κ3) is 4.97. The van der Waals surface area contributed by atoms with Gasteiger partial charge in [-0.3, -0.25) is 4.79 Å². The lowest BCUT2D eigenvalue weighted by Gasteiger charge is -2.33. The van der Waals surface area contributed by atoms with E-state index in [1.54, 1.807) is 0 Å². The topological polar surface area (TPSA) is 95.1 Å². The first-order valence-electron chi connectivity index (χ1n) is 9.92. The fourth-order valence-corrected chi connectivity index (χ4v) is 3.63. The first-order valence-corrected chi connectivity index (χ1v) is 9.92. The van der Waals surface area contributed by atoms with Gasteiger partial charge in [0.15, 0.2) is 17.5 Å². The number of ether oxygens (including phenoxy) is 1. The number of nitrogens with zero attached hydrogens (tertiary/aromatic N) is 3. The van der Waals surface area contributed by atoms with E-state index in [1.807, 2.05) is 0 Å². The van der Waals surface area contributed by atoms with Crippen LogP contribution in [0.25, 0.3) is 5.69 Å². The number of benzene rings is 1. The fraction of sp³-hybridized carbons (Fsp3) is 0.550. The predicted molar refractivity (Wildman–Crippen MR) is 104 cm³/mol. The quantitative estimate of drug-likeness (QED) is 0.734. The number of carbonyl (C=O) groups excluding carboxylic acids is 1. The van der Waals surface area contributed by atoms with E-state index in [9.17, 15) is 13.6 Å². The first-order chi connectivity index (χ1) is 13.9. The number of aromatic nitrogens is 3. The second kappa shape index (κ2) is 9.41. The largest absolute Gasteiger partial charge is 0.377 e. The van der Waals surface area contributed by atoms with Crippen molar-refractivity contribution >= 4 is 5.91 Å². The number of carbonyl (C=O) groups is 1. The van der Waals surface area contributed by atoms with Crippen molar-refractivity contribution in [3.63, 3.8) is 0 Å². The highest BCUT2D eigenvalue weighted by molar-refractivity contribution is 5.77. The minimum Gasteiger partial charge on any atom is -0.377 e. The van der Waals surface area contributed by atoms with Gasteiger partial charge in [0.05, 0.1) is 18.2 Å². The zero-order valence-electron chi connectivity index (χ0n) is 16.7. The van der Waals surface area contributed by atoms with Gasteiger partial charge in [-0.2, -0.15) is 5.10 Å². The monoisotopic (exact) mass is 407 g/mol. The minimum atomic E-state index is -0.967. The summed E-state index contributed by atoms with van der Waals surface area (Å²) in [6.45, 7) is 2.72. The molecule has 1 aromatic carbocycles. The summed E-state index contributed by atoms with van der Waals surface area (Å²) in [4.78, 5) is 16.3. The Kier molecular flexibility index (Phi) is 6.92. The Labute approximate surface area is 168 Å². The number of halogens is 2. The Balaban J connectivity index is 1.90. The van der Waals surface area contributed by atoms with E-state index < -0.39 is 11.6 Å². The minimum absolute atomic E-state index is 0.00118. The molecular formula is C20H27F2N5O2. The van der Waals surface area contributed by atoms with Gasteiger partial charge in [0.2, 0.25) is 5.91 Å². The van der Waals surface area contributed by atoms with Gasteiger partial charge in [0.25, 0.3) is 0 Å². The van der Waals surface area contributed by atoms with Crippen LogP contribution in [-0.4, -0.2) is 46.5 Å². The van der Waals surface area contributed by atoms with E-state index in [4.69, 9.17) is 10.5 Å². The van der Waals surface area contributed by atoms with E-state index in [-0.39, 0.29) is 30.4 Å². The molecule has 7 nitrogen and oxygen atoms in total. The average molecular weight is 407 g/mol. The van der Waals surface area contributed by atoms with Gasteiger partial charge in [-0.05, 0) is 37.8 Å². The molecule has 0 bridgehead atoms. The standard InChI is InChI=1S/C20H27F2N5O2/c1-3-8-29-17-7-4-12(9-16(17)23)20-25-18(11-19(28)24-2)26-27(20)13-5-6-14(21)15(22)10-13/h5-6,10,12,16-17H,3-4,7-9,11,23H2,1-2H3,(H,24,28)/t12-,16+,17+/m0/s1. The summed E-state index contributed by atoms with van der Waals surface area (Å²) in [5.41, 5.74) is 6.69. The Morgan fingerprint density at radius 3 is 2.79 bits per heavy atom. The molecule has 0 spiro atoms.